The van der Waals surface area contributed by atoms with E-state index in [2.05, 4.69) is 19.3 Å². The molecular formula is C10H23NO. The Morgan fingerprint density at radius 2 is 1.92 bits per heavy atom. The predicted octanol–water partition coefficient (Wildman–Crippen LogP) is 2.88. The summed E-state index contributed by atoms with van der Waals surface area (Å²) in [5, 5.41) is 0. The van der Waals surface area contributed by atoms with Gasteiger partial charge in [-0.1, -0.05) is 19.8 Å². The molecule has 1 atom stereocenters. The zero-order chi connectivity index (χ0) is 9.61. The molecule has 0 aliphatic rings. The van der Waals surface area contributed by atoms with Crippen LogP contribution in [0.2, 0.25) is 0 Å². The summed E-state index contributed by atoms with van der Waals surface area (Å²) in [4.78, 5) is 5.44. The van der Waals surface area contributed by atoms with Gasteiger partial charge in [-0.3, -0.25) is 4.84 Å². The van der Waals surface area contributed by atoms with Crippen LogP contribution >= 0.6 is 0 Å². The zero-order valence-corrected chi connectivity index (χ0v) is 9.11. The van der Waals surface area contributed by atoms with Gasteiger partial charge in [0.1, 0.15) is 0 Å². The lowest BCUT2D eigenvalue weighted by Gasteiger charge is -2.22. The smallest absolute Gasteiger partial charge is 0.0813 e. The molecule has 0 aromatic rings. The number of rotatable bonds is 5. The fourth-order valence-electron chi connectivity index (χ4n) is 0.847. The highest BCUT2D eigenvalue weighted by molar-refractivity contribution is 4.59. The SMILES string of the molecule is CCCCC(C)NOC(C)(C)C. The Kier molecular flexibility index (Phi) is 5.51. The van der Waals surface area contributed by atoms with Gasteiger partial charge in [-0.15, -0.1) is 0 Å². The van der Waals surface area contributed by atoms with Crippen LogP contribution in [0.4, 0.5) is 0 Å². The standard InChI is InChI=1S/C10H23NO/c1-6-7-8-9(2)11-12-10(3,4)5/h9,11H,6-8H2,1-5H3. The van der Waals surface area contributed by atoms with Crippen molar-refractivity contribution < 1.29 is 4.84 Å². The maximum absolute atomic E-state index is 5.44. The van der Waals surface area contributed by atoms with Crippen molar-refractivity contribution >= 4 is 0 Å². The average molecular weight is 173 g/mol. The Balaban J connectivity index is 3.37. The van der Waals surface area contributed by atoms with Crippen LogP contribution in [0.5, 0.6) is 0 Å². The van der Waals surface area contributed by atoms with Gasteiger partial charge in [0.25, 0.3) is 0 Å². The van der Waals surface area contributed by atoms with Crippen LogP contribution in [0.3, 0.4) is 0 Å². The van der Waals surface area contributed by atoms with Gasteiger partial charge >= 0.3 is 0 Å². The average Bonchev–Trinajstić information content (AvgIpc) is 1.95. The summed E-state index contributed by atoms with van der Waals surface area (Å²) < 4.78 is 0. The van der Waals surface area contributed by atoms with Crippen molar-refractivity contribution in [1.82, 2.24) is 5.48 Å². The van der Waals surface area contributed by atoms with Crippen molar-refractivity contribution in [3.63, 3.8) is 0 Å². The first-order valence-electron chi connectivity index (χ1n) is 4.89. The number of hydroxylamine groups is 1. The van der Waals surface area contributed by atoms with Crippen molar-refractivity contribution in [2.24, 2.45) is 0 Å². The molecule has 0 aromatic carbocycles. The molecular weight excluding hydrogens is 150 g/mol. The highest BCUT2D eigenvalue weighted by Gasteiger charge is 2.11. The summed E-state index contributed by atoms with van der Waals surface area (Å²) in [7, 11) is 0. The van der Waals surface area contributed by atoms with Gasteiger partial charge in [-0.2, -0.15) is 5.48 Å². The molecule has 74 valence electrons. The Bertz CT molecular complexity index is 107. The molecule has 0 rings (SSSR count). The summed E-state index contributed by atoms with van der Waals surface area (Å²) in [6.07, 6.45) is 3.70. The monoisotopic (exact) mass is 173 g/mol. The van der Waals surface area contributed by atoms with E-state index in [-0.39, 0.29) is 5.60 Å². The van der Waals surface area contributed by atoms with Gasteiger partial charge in [-0.25, -0.2) is 0 Å². The topological polar surface area (TPSA) is 21.3 Å². The minimum Gasteiger partial charge on any atom is -0.296 e. The lowest BCUT2D eigenvalue weighted by Crippen LogP contribution is -2.34. The quantitative estimate of drug-likeness (QED) is 0.645. The number of hydrogen-bond acceptors (Lipinski definition) is 2. The molecule has 0 radical (unpaired) electrons. The summed E-state index contributed by atoms with van der Waals surface area (Å²) in [6.45, 7) is 10.5. The highest BCUT2D eigenvalue weighted by atomic mass is 16.7. The summed E-state index contributed by atoms with van der Waals surface area (Å²) in [5.41, 5.74) is 2.97. The minimum atomic E-state index is -0.0829. The maximum Gasteiger partial charge on any atom is 0.0813 e. The normalized spacial score (nSPS) is 14.8. The second-order valence-electron chi connectivity index (χ2n) is 4.38. The molecule has 0 aromatic heterocycles. The molecule has 0 saturated carbocycles. The third-order valence-corrected chi connectivity index (χ3v) is 1.56. The van der Waals surface area contributed by atoms with Crippen molar-refractivity contribution in [2.75, 3.05) is 0 Å². The van der Waals surface area contributed by atoms with Gasteiger partial charge in [0.05, 0.1) is 5.60 Å². The maximum atomic E-state index is 5.44. The molecule has 1 unspecified atom stereocenters. The first-order chi connectivity index (χ1) is 5.45. The van der Waals surface area contributed by atoms with E-state index in [1.54, 1.807) is 0 Å². The Labute approximate surface area is 76.6 Å². The van der Waals surface area contributed by atoms with Gasteiger partial charge < -0.3 is 0 Å². The molecule has 0 fully saturated rings. The lowest BCUT2D eigenvalue weighted by molar-refractivity contribution is -0.0869. The van der Waals surface area contributed by atoms with Crippen LogP contribution in [0.15, 0.2) is 0 Å². The van der Waals surface area contributed by atoms with E-state index < -0.39 is 0 Å². The second kappa shape index (κ2) is 5.55. The van der Waals surface area contributed by atoms with E-state index in [0.29, 0.717) is 6.04 Å². The molecule has 0 spiro atoms. The molecule has 0 heterocycles. The first-order valence-corrected chi connectivity index (χ1v) is 4.89. The van der Waals surface area contributed by atoms with Crippen molar-refractivity contribution in [3.8, 4) is 0 Å². The summed E-state index contributed by atoms with van der Waals surface area (Å²) in [6, 6.07) is 0.462. The third kappa shape index (κ3) is 8.02. The molecule has 0 amide bonds. The summed E-state index contributed by atoms with van der Waals surface area (Å²) >= 11 is 0. The van der Waals surface area contributed by atoms with Crippen LogP contribution in [-0.4, -0.2) is 11.6 Å². The predicted molar refractivity (Wildman–Crippen MR) is 53.0 cm³/mol. The fourth-order valence-corrected chi connectivity index (χ4v) is 0.847. The van der Waals surface area contributed by atoms with E-state index in [1.165, 1.54) is 19.3 Å². The molecule has 0 saturated heterocycles. The molecule has 1 N–H and O–H groups in total. The molecule has 2 nitrogen and oxygen atoms in total. The first kappa shape index (κ1) is 11.9. The van der Waals surface area contributed by atoms with Crippen molar-refractivity contribution in [2.45, 2.75) is 65.5 Å². The largest absolute Gasteiger partial charge is 0.296 e. The Hall–Kier alpha value is -0.0800. The summed E-state index contributed by atoms with van der Waals surface area (Å²) in [5.74, 6) is 0. The van der Waals surface area contributed by atoms with Gasteiger partial charge in [-0.05, 0) is 34.1 Å². The highest BCUT2D eigenvalue weighted by Crippen LogP contribution is 2.06. The van der Waals surface area contributed by atoms with Crippen LogP contribution in [0, 0.1) is 0 Å². The van der Waals surface area contributed by atoms with Crippen molar-refractivity contribution in [3.05, 3.63) is 0 Å². The number of unbranched alkanes of at least 4 members (excludes halogenated alkanes) is 1. The molecule has 2 heteroatoms. The van der Waals surface area contributed by atoms with E-state index in [4.69, 9.17) is 4.84 Å². The Morgan fingerprint density at radius 1 is 1.33 bits per heavy atom. The van der Waals surface area contributed by atoms with Crippen LogP contribution in [0.1, 0.15) is 53.9 Å². The van der Waals surface area contributed by atoms with E-state index >= 15 is 0 Å². The zero-order valence-electron chi connectivity index (χ0n) is 9.11. The van der Waals surface area contributed by atoms with E-state index in [1.807, 2.05) is 20.8 Å². The van der Waals surface area contributed by atoms with Crippen molar-refractivity contribution in [1.29, 1.82) is 0 Å². The van der Waals surface area contributed by atoms with Crippen LogP contribution < -0.4 is 5.48 Å². The van der Waals surface area contributed by atoms with Gasteiger partial charge in [0, 0.05) is 6.04 Å². The molecule has 0 aliphatic heterocycles. The second-order valence-corrected chi connectivity index (χ2v) is 4.38. The van der Waals surface area contributed by atoms with E-state index in [0.717, 1.165) is 0 Å². The molecule has 0 aliphatic carbocycles. The van der Waals surface area contributed by atoms with E-state index in [9.17, 15) is 0 Å². The van der Waals surface area contributed by atoms with Crippen LogP contribution in [-0.2, 0) is 4.84 Å². The fraction of sp³-hybridized carbons (Fsp3) is 1.00. The van der Waals surface area contributed by atoms with Gasteiger partial charge in [0.15, 0.2) is 0 Å². The minimum absolute atomic E-state index is 0.0829. The van der Waals surface area contributed by atoms with Crippen LogP contribution in [0.25, 0.3) is 0 Å². The lowest BCUT2D eigenvalue weighted by atomic mass is 10.1. The molecule has 12 heavy (non-hydrogen) atoms. The number of nitrogens with one attached hydrogen (secondary N) is 1. The molecule has 0 bridgehead atoms. The Morgan fingerprint density at radius 3 is 2.33 bits per heavy atom. The number of hydrogen-bond donors (Lipinski definition) is 1. The third-order valence-electron chi connectivity index (χ3n) is 1.56. The van der Waals surface area contributed by atoms with Gasteiger partial charge in [0.2, 0.25) is 0 Å².